The second-order valence-electron chi connectivity index (χ2n) is 5.19. The number of halogens is 1. The molecule has 2 rings (SSSR count). The van der Waals surface area contributed by atoms with Crippen LogP contribution in [0.2, 0.25) is 0 Å². The van der Waals surface area contributed by atoms with Crippen molar-refractivity contribution in [3.8, 4) is 0 Å². The highest BCUT2D eigenvalue weighted by molar-refractivity contribution is 14.0. The molecular weight excluding hydrogens is 349 g/mol. The van der Waals surface area contributed by atoms with Gasteiger partial charge in [0.15, 0.2) is 5.96 Å². The van der Waals surface area contributed by atoms with Gasteiger partial charge < -0.3 is 10.6 Å². The summed E-state index contributed by atoms with van der Waals surface area (Å²) in [4.78, 5) is 4.17. The van der Waals surface area contributed by atoms with Gasteiger partial charge in [-0.15, -0.1) is 24.0 Å². The monoisotopic (exact) mass is 373 g/mol. The van der Waals surface area contributed by atoms with Gasteiger partial charge in [-0.3, -0.25) is 4.99 Å². The van der Waals surface area contributed by atoms with E-state index in [1.807, 2.05) is 14.1 Å². The van der Waals surface area contributed by atoms with E-state index >= 15 is 0 Å². The third-order valence-corrected chi connectivity index (χ3v) is 3.93. The first-order valence-electron chi connectivity index (χ1n) is 6.70. The minimum Gasteiger partial charge on any atom is -0.359 e. The molecule has 0 saturated heterocycles. The van der Waals surface area contributed by atoms with Crippen molar-refractivity contribution >= 4 is 29.9 Å². The second-order valence-corrected chi connectivity index (χ2v) is 5.19. The summed E-state index contributed by atoms with van der Waals surface area (Å²) in [5.74, 6) is 0.884. The Kier molecular flexibility index (Phi) is 6.62. The Balaban J connectivity index is 0.00000180. The van der Waals surface area contributed by atoms with E-state index in [2.05, 4.69) is 46.0 Å². The zero-order valence-electron chi connectivity index (χ0n) is 11.8. The van der Waals surface area contributed by atoms with Crippen LogP contribution in [0.1, 0.15) is 24.8 Å². The van der Waals surface area contributed by atoms with Crippen LogP contribution in [-0.4, -0.2) is 26.6 Å². The molecule has 1 aromatic carbocycles. The van der Waals surface area contributed by atoms with Gasteiger partial charge in [0.05, 0.1) is 0 Å². The van der Waals surface area contributed by atoms with E-state index in [0.717, 1.165) is 12.5 Å². The van der Waals surface area contributed by atoms with E-state index < -0.39 is 0 Å². The molecule has 0 atom stereocenters. The number of rotatable bonds is 4. The molecule has 2 N–H and O–H groups in total. The summed E-state index contributed by atoms with van der Waals surface area (Å²) in [6.07, 6.45) is 5.15. The summed E-state index contributed by atoms with van der Waals surface area (Å²) in [7, 11) is 3.71. The van der Waals surface area contributed by atoms with Crippen molar-refractivity contribution in [3.63, 3.8) is 0 Å². The minimum absolute atomic E-state index is 0. The molecule has 0 heterocycles. The number of benzene rings is 1. The fraction of sp³-hybridized carbons (Fsp3) is 0.533. The maximum absolute atomic E-state index is 4.17. The highest BCUT2D eigenvalue weighted by Crippen LogP contribution is 2.43. The lowest BCUT2D eigenvalue weighted by atomic mass is 9.65. The highest BCUT2D eigenvalue weighted by atomic mass is 127. The van der Waals surface area contributed by atoms with Crippen LogP contribution in [0.4, 0.5) is 0 Å². The molecule has 1 aliphatic rings. The van der Waals surface area contributed by atoms with Gasteiger partial charge in [-0.2, -0.15) is 0 Å². The van der Waals surface area contributed by atoms with Gasteiger partial charge in [-0.25, -0.2) is 0 Å². The number of hydrogen-bond donors (Lipinski definition) is 2. The van der Waals surface area contributed by atoms with E-state index in [9.17, 15) is 0 Å². The molecule has 1 saturated carbocycles. The number of nitrogens with zero attached hydrogens (tertiary/aromatic N) is 1. The number of nitrogens with one attached hydrogen (secondary N) is 2. The van der Waals surface area contributed by atoms with Crippen LogP contribution >= 0.6 is 24.0 Å². The fourth-order valence-electron chi connectivity index (χ4n) is 2.67. The summed E-state index contributed by atoms with van der Waals surface area (Å²) in [6.45, 7) is 1.01. The fourth-order valence-corrected chi connectivity index (χ4v) is 2.67. The molecule has 0 radical (unpaired) electrons. The lowest BCUT2D eigenvalue weighted by Gasteiger charge is -2.42. The normalized spacial score (nSPS) is 17.1. The average molecular weight is 373 g/mol. The summed E-state index contributed by atoms with van der Waals surface area (Å²) in [5, 5.41) is 6.50. The Morgan fingerprint density at radius 3 is 2.42 bits per heavy atom. The van der Waals surface area contributed by atoms with Crippen LogP contribution in [0.15, 0.2) is 35.3 Å². The van der Waals surface area contributed by atoms with E-state index in [-0.39, 0.29) is 24.0 Å². The summed E-state index contributed by atoms with van der Waals surface area (Å²) in [5.41, 5.74) is 1.87. The predicted molar refractivity (Wildman–Crippen MR) is 92.3 cm³/mol. The Hall–Kier alpha value is -0.780. The van der Waals surface area contributed by atoms with Gasteiger partial charge in [0.2, 0.25) is 0 Å². The van der Waals surface area contributed by atoms with Crippen LogP contribution in [0.25, 0.3) is 0 Å². The molecule has 3 nitrogen and oxygen atoms in total. The minimum atomic E-state index is 0. The summed E-state index contributed by atoms with van der Waals surface area (Å²) >= 11 is 0. The average Bonchev–Trinajstić information content (AvgIpc) is 2.38. The van der Waals surface area contributed by atoms with Crippen molar-refractivity contribution in [2.75, 3.05) is 20.6 Å². The molecule has 1 fully saturated rings. The van der Waals surface area contributed by atoms with Crippen LogP contribution in [0.3, 0.4) is 0 Å². The smallest absolute Gasteiger partial charge is 0.190 e. The zero-order chi connectivity index (χ0) is 12.8. The van der Waals surface area contributed by atoms with Crippen LogP contribution < -0.4 is 10.6 Å². The Labute approximate surface area is 133 Å². The van der Waals surface area contributed by atoms with Gasteiger partial charge in [0.25, 0.3) is 0 Å². The van der Waals surface area contributed by atoms with E-state index in [4.69, 9.17) is 0 Å². The van der Waals surface area contributed by atoms with Crippen molar-refractivity contribution in [2.24, 2.45) is 10.4 Å². The molecule has 19 heavy (non-hydrogen) atoms. The van der Waals surface area contributed by atoms with Gasteiger partial charge in [0.1, 0.15) is 0 Å². The summed E-state index contributed by atoms with van der Waals surface area (Å²) < 4.78 is 0. The zero-order valence-corrected chi connectivity index (χ0v) is 14.1. The second kappa shape index (κ2) is 7.72. The van der Waals surface area contributed by atoms with Gasteiger partial charge >= 0.3 is 0 Å². The predicted octanol–water partition coefficient (Wildman–Crippen LogP) is 2.81. The lowest BCUT2D eigenvalue weighted by Crippen LogP contribution is -2.46. The Morgan fingerprint density at radius 2 is 1.95 bits per heavy atom. The van der Waals surface area contributed by atoms with Crippen LogP contribution in [0.5, 0.6) is 0 Å². The van der Waals surface area contributed by atoms with Gasteiger partial charge in [-0.05, 0) is 30.2 Å². The van der Waals surface area contributed by atoms with Crippen molar-refractivity contribution in [2.45, 2.75) is 25.7 Å². The molecule has 0 aromatic heterocycles. The van der Waals surface area contributed by atoms with Gasteiger partial charge in [0, 0.05) is 20.6 Å². The SMILES string of the molecule is CN=C(NC)NCC1(Cc2ccccc2)CCC1.I. The number of hydrogen-bond acceptors (Lipinski definition) is 1. The van der Waals surface area contributed by atoms with Crippen molar-refractivity contribution in [3.05, 3.63) is 35.9 Å². The van der Waals surface area contributed by atoms with Crippen LogP contribution in [0, 0.1) is 5.41 Å². The number of aliphatic imine (C=N–C) groups is 1. The molecule has 0 unspecified atom stereocenters. The third kappa shape index (κ3) is 4.37. The first-order valence-corrected chi connectivity index (χ1v) is 6.70. The van der Waals surface area contributed by atoms with E-state index in [1.54, 1.807) is 0 Å². The molecule has 0 aliphatic heterocycles. The van der Waals surface area contributed by atoms with Crippen molar-refractivity contribution < 1.29 is 0 Å². The molecule has 0 spiro atoms. The molecule has 4 heteroatoms. The molecule has 1 aliphatic carbocycles. The molecule has 0 bridgehead atoms. The Bertz CT molecular complexity index is 399. The molecule has 106 valence electrons. The third-order valence-electron chi connectivity index (χ3n) is 3.93. The first-order chi connectivity index (χ1) is 8.78. The topological polar surface area (TPSA) is 36.4 Å². The maximum atomic E-state index is 4.17. The maximum Gasteiger partial charge on any atom is 0.190 e. The quantitative estimate of drug-likeness (QED) is 0.484. The van der Waals surface area contributed by atoms with E-state index in [1.165, 1.54) is 31.2 Å². The largest absolute Gasteiger partial charge is 0.359 e. The van der Waals surface area contributed by atoms with Crippen molar-refractivity contribution in [1.82, 2.24) is 10.6 Å². The molecular formula is C15H24IN3. The molecule has 1 aromatic rings. The van der Waals surface area contributed by atoms with Crippen LogP contribution in [-0.2, 0) is 6.42 Å². The Morgan fingerprint density at radius 1 is 1.26 bits per heavy atom. The first kappa shape index (κ1) is 16.3. The lowest BCUT2D eigenvalue weighted by molar-refractivity contribution is 0.137. The van der Waals surface area contributed by atoms with Crippen molar-refractivity contribution in [1.29, 1.82) is 0 Å². The number of guanidine groups is 1. The van der Waals surface area contributed by atoms with Gasteiger partial charge in [-0.1, -0.05) is 36.8 Å². The van der Waals surface area contributed by atoms with E-state index in [0.29, 0.717) is 5.41 Å². The standard InChI is InChI=1S/C15H23N3.HI/c1-16-14(17-2)18-12-15(9-6-10-15)11-13-7-4-3-5-8-13;/h3-5,7-8H,6,9-12H2,1-2H3,(H2,16,17,18);1H. The highest BCUT2D eigenvalue weighted by Gasteiger charge is 2.36. The summed E-state index contributed by atoms with van der Waals surface area (Å²) in [6, 6.07) is 10.8. The molecule has 0 amide bonds.